The van der Waals surface area contributed by atoms with Crippen molar-refractivity contribution in [3.05, 3.63) is 60.6 Å². The fourth-order valence-corrected chi connectivity index (χ4v) is 6.35. The van der Waals surface area contributed by atoms with Gasteiger partial charge in [0.1, 0.15) is 26.6 Å². The summed E-state index contributed by atoms with van der Waals surface area (Å²) in [6.07, 6.45) is 5.73. The summed E-state index contributed by atoms with van der Waals surface area (Å²) in [6, 6.07) is 13.0. The quantitative estimate of drug-likeness (QED) is 0.506. The molecule has 0 saturated carbocycles. The Morgan fingerprint density at radius 3 is 2.62 bits per heavy atom. The minimum absolute atomic E-state index is 1.01. The van der Waals surface area contributed by atoms with Crippen LogP contribution in [0.25, 0.3) is 11.3 Å². The Labute approximate surface area is 143 Å². The SMILES string of the molecule is Cc1cc2c(cc1-c1cncc[n+]1C)[Si](C)(C)c1ccccc1O2. The minimum Gasteiger partial charge on any atom is -0.458 e. The number of ether oxygens (including phenoxy) is 1. The van der Waals surface area contributed by atoms with Gasteiger partial charge in [-0.3, -0.25) is 4.98 Å². The second kappa shape index (κ2) is 5.28. The van der Waals surface area contributed by atoms with E-state index in [1.165, 1.54) is 21.5 Å². The number of benzene rings is 2. The number of aromatic nitrogens is 2. The third-order valence-electron chi connectivity index (χ3n) is 5.01. The molecular weight excluding hydrogens is 312 g/mol. The molecule has 3 nitrogen and oxygen atoms in total. The smallest absolute Gasteiger partial charge is 0.231 e. The van der Waals surface area contributed by atoms with E-state index in [-0.39, 0.29) is 0 Å². The van der Waals surface area contributed by atoms with Crippen LogP contribution in [-0.4, -0.2) is 13.1 Å². The maximum Gasteiger partial charge on any atom is 0.231 e. The monoisotopic (exact) mass is 333 g/mol. The van der Waals surface area contributed by atoms with Gasteiger partial charge in [-0.1, -0.05) is 31.3 Å². The van der Waals surface area contributed by atoms with Crippen LogP contribution in [0.2, 0.25) is 13.1 Å². The standard InChI is InChI=1S/C20H21N2OSi/c1-14-11-18-20(12-15(14)16-13-21-9-10-22(16)2)24(3,4)19-8-6-5-7-17(19)23-18/h5-13H,1-4H3/q+1. The van der Waals surface area contributed by atoms with Crippen LogP contribution < -0.4 is 19.7 Å². The maximum atomic E-state index is 6.23. The second-order valence-electron chi connectivity index (χ2n) is 6.96. The average molecular weight is 333 g/mol. The van der Waals surface area contributed by atoms with E-state index in [9.17, 15) is 0 Å². The molecule has 0 amide bonds. The zero-order valence-electron chi connectivity index (χ0n) is 14.5. The third kappa shape index (κ3) is 2.18. The van der Waals surface area contributed by atoms with Gasteiger partial charge < -0.3 is 4.74 Å². The Balaban J connectivity index is 1.95. The predicted molar refractivity (Wildman–Crippen MR) is 98.9 cm³/mol. The Hall–Kier alpha value is -2.46. The van der Waals surface area contributed by atoms with Crippen LogP contribution in [0.3, 0.4) is 0 Å². The summed E-state index contributed by atoms with van der Waals surface area (Å²) in [4.78, 5) is 4.31. The Morgan fingerprint density at radius 1 is 1.04 bits per heavy atom. The van der Waals surface area contributed by atoms with Gasteiger partial charge in [0, 0.05) is 0 Å². The lowest BCUT2D eigenvalue weighted by Gasteiger charge is -2.33. The molecular formula is C20H21N2OSi+. The molecule has 2 aromatic carbocycles. The van der Waals surface area contributed by atoms with Crippen LogP contribution in [0, 0.1) is 6.92 Å². The van der Waals surface area contributed by atoms with E-state index in [0.29, 0.717) is 0 Å². The van der Waals surface area contributed by atoms with E-state index in [0.717, 1.165) is 17.2 Å². The largest absolute Gasteiger partial charge is 0.458 e. The molecule has 0 unspecified atom stereocenters. The summed E-state index contributed by atoms with van der Waals surface area (Å²) in [5, 5.41) is 2.72. The van der Waals surface area contributed by atoms with Crippen molar-refractivity contribution in [2.45, 2.75) is 20.0 Å². The summed E-state index contributed by atoms with van der Waals surface area (Å²) in [6.45, 7) is 6.94. The molecule has 24 heavy (non-hydrogen) atoms. The molecule has 1 aromatic heterocycles. The lowest BCUT2D eigenvalue weighted by atomic mass is 10.1. The van der Waals surface area contributed by atoms with Gasteiger partial charge in [0.25, 0.3) is 0 Å². The normalized spacial score (nSPS) is 14.5. The molecule has 2 heterocycles. The van der Waals surface area contributed by atoms with E-state index in [1.54, 1.807) is 0 Å². The van der Waals surface area contributed by atoms with Crippen LogP contribution in [0.1, 0.15) is 5.56 Å². The molecule has 0 fully saturated rings. The van der Waals surface area contributed by atoms with E-state index in [1.807, 2.05) is 24.7 Å². The van der Waals surface area contributed by atoms with Gasteiger partial charge >= 0.3 is 0 Å². The van der Waals surface area contributed by atoms with Crippen molar-refractivity contribution >= 4 is 18.4 Å². The van der Waals surface area contributed by atoms with E-state index in [4.69, 9.17) is 4.74 Å². The number of aryl methyl sites for hydroxylation is 2. The van der Waals surface area contributed by atoms with Gasteiger partial charge in [-0.2, -0.15) is 4.57 Å². The number of para-hydroxylation sites is 1. The Kier molecular flexibility index (Phi) is 3.32. The number of hydrogen-bond donors (Lipinski definition) is 0. The minimum atomic E-state index is -1.79. The van der Waals surface area contributed by atoms with E-state index < -0.39 is 8.07 Å². The lowest BCUT2D eigenvalue weighted by molar-refractivity contribution is -0.660. The molecule has 4 heteroatoms. The fourth-order valence-electron chi connectivity index (χ4n) is 3.55. The molecule has 1 aliphatic heterocycles. The van der Waals surface area contributed by atoms with E-state index in [2.05, 4.69) is 66.9 Å². The Bertz CT molecular complexity index is 950. The number of rotatable bonds is 1. The number of hydrogen-bond acceptors (Lipinski definition) is 2. The van der Waals surface area contributed by atoms with Crippen molar-refractivity contribution in [2.24, 2.45) is 7.05 Å². The number of fused-ring (bicyclic) bond motifs is 2. The molecule has 0 radical (unpaired) electrons. The van der Waals surface area contributed by atoms with Crippen LogP contribution >= 0.6 is 0 Å². The zero-order chi connectivity index (χ0) is 16.9. The number of nitrogens with zero attached hydrogens (tertiary/aromatic N) is 2. The van der Waals surface area contributed by atoms with Crippen molar-refractivity contribution in [3.8, 4) is 22.8 Å². The van der Waals surface area contributed by atoms with Crippen molar-refractivity contribution in [1.29, 1.82) is 0 Å². The summed E-state index contributed by atoms with van der Waals surface area (Å²) >= 11 is 0. The van der Waals surface area contributed by atoms with Gasteiger partial charge in [-0.25, -0.2) is 0 Å². The maximum absolute atomic E-state index is 6.23. The van der Waals surface area contributed by atoms with Crippen molar-refractivity contribution in [2.75, 3.05) is 0 Å². The van der Waals surface area contributed by atoms with Crippen molar-refractivity contribution < 1.29 is 9.30 Å². The molecule has 0 N–H and O–H groups in total. The topological polar surface area (TPSA) is 26.0 Å². The van der Waals surface area contributed by atoms with Crippen LogP contribution in [0.15, 0.2) is 55.0 Å². The summed E-state index contributed by atoms with van der Waals surface area (Å²) in [5.41, 5.74) is 3.57. The molecule has 0 bridgehead atoms. The first kappa shape index (κ1) is 15.1. The lowest BCUT2D eigenvalue weighted by Crippen LogP contribution is -2.56. The van der Waals surface area contributed by atoms with Crippen LogP contribution in [0.4, 0.5) is 0 Å². The molecule has 120 valence electrons. The Morgan fingerprint density at radius 2 is 1.83 bits per heavy atom. The average Bonchev–Trinajstić information content (AvgIpc) is 2.55. The highest BCUT2D eigenvalue weighted by Gasteiger charge is 2.37. The zero-order valence-corrected chi connectivity index (χ0v) is 15.5. The van der Waals surface area contributed by atoms with Gasteiger partial charge in [-0.15, -0.1) is 0 Å². The molecule has 4 rings (SSSR count). The summed E-state index contributed by atoms with van der Waals surface area (Å²) in [7, 11) is 0.269. The first-order chi connectivity index (χ1) is 11.5. The highest BCUT2D eigenvalue weighted by atomic mass is 28.3. The summed E-state index contributed by atoms with van der Waals surface area (Å²) < 4.78 is 8.35. The fraction of sp³-hybridized carbons (Fsp3) is 0.200. The molecule has 0 spiro atoms. The molecule has 3 aromatic rings. The summed E-state index contributed by atoms with van der Waals surface area (Å²) in [5.74, 6) is 2.03. The first-order valence-electron chi connectivity index (χ1n) is 8.21. The van der Waals surface area contributed by atoms with Crippen LogP contribution in [0.5, 0.6) is 11.5 Å². The molecule has 1 aliphatic rings. The van der Waals surface area contributed by atoms with Gasteiger partial charge in [-0.05, 0) is 41.1 Å². The third-order valence-corrected chi connectivity index (χ3v) is 8.51. The van der Waals surface area contributed by atoms with Crippen LogP contribution in [-0.2, 0) is 7.05 Å². The van der Waals surface area contributed by atoms with Gasteiger partial charge in [0.2, 0.25) is 5.69 Å². The second-order valence-corrected chi connectivity index (χ2v) is 11.3. The first-order valence-corrected chi connectivity index (χ1v) is 11.2. The van der Waals surface area contributed by atoms with Gasteiger partial charge in [0.05, 0.1) is 18.0 Å². The molecule has 0 saturated heterocycles. The molecule has 0 atom stereocenters. The van der Waals surface area contributed by atoms with Crippen molar-refractivity contribution in [3.63, 3.8) is 0 Å². The highest BCUT2D eigenvalue weighted by molar-refractivity contribution is 7.01. The highest BCUT2D eigenvalue weighted by Crippen LogP contribution is 2.32. The van der Waals surface area contributed by atoms with Gasteiger partial charge in [0.15, 0.2) is 6.20 Å². The van der Waals surface area contributed by atoms with Crippen molar-refractivity contribution in [1.82, 2.24) is 4.98 Å². The molecule has 0 aliphatic carbocycles. The van der Waals surface area contributed by atoms with E-state index >= 15 is 0 Å². The predicted octanol–water partition coefficient (Wildman–Crippen LogP) is 2.81.